The number of esters is 2. The molecule has 4 aromatic rings. The fourth-order valence-corrected chi connectivity index (χ4v) is 5.03. The number of carbonyl (C=O) groups excluding carboxylic acids is 2. The third kappa shape index (κ3) is 5.44. The van der Waals surface area contributed by atoms with E-state index in [1.165, 1.54) is 6.07 Å². The number of aromatic nitrogens is 1. The lowest BCUT2D eigenvalue weighted by Crippen LogP contribution is -2.11. The lowest BCUT2D eigenvalue weighted by molar-refractivity contribution is -0.130. The molecule has 1 heterocycles. The third-order valence-corrected chi connectivity index (χ3v) is 7.13. The topological polar surface area (TPSA) is 65.5 Å². The van der Waals surface area contributed by atoms with E-state index in [1.807, 2.05) is 48.5 Å². The Morgan fingerprint density at radius 2 is 1.62 bits per heavy atom. The predicted octanol–water partition coefficient (Wildman–Crippen LogP) is 8.66. The minimum absolute atomic E-state index is 0.230. The summed E-state index contributed by atoms with van der Waals surface area (Å²) in [5.41, 5.74) is 6.73. The quantitative estimate of drug-likeness (QED) is 0.132. The van der Waals surface area contributed by atoms with Crippen molar-refractivity contribution in [3.8, 4) is 22.6 Å². The highest BCUT2D eigenvalue weighted by Crippen LogP contribution is 2.45. The van der Waals surface area contributed by atoms with Crippen LogP contribution in [0.1, 0.15) is 37.1 Å². The first-order chi connectivity index (χ1) is 19.1. The molecule has 0 N–H and O–H groups in total. The second-order valence-corrected chi connectivity index (χ2v) is 10.5. The van der Waals surface area contributed by atoms with Gasteiger partial charge in [-0.2, -0.15) is 0 Å². The summed E-state index contributed by atoms with van der Waals surface area (Å²) < 4.78 is 11.0. The van der Waals surface area contributed by atoms with Crippen LogP contribution >= 0.6 is 23.2 Å². The smallest absolute Gasteiger partial charge is 0.338 e. The molecule has 0 amide bonds. The highest BCUT2D eigenvalue weighted by Gasteiger charge is 2.26. The van der Waals surface area contributed by atoms with Gasteiger partial charge in [-0.05, 0) is 85.9 Å². The SMILES string of the molecule is C=C(C)C(=O)Oc1ccc(/C=C2\CCc3c2nc2ccc(Cl)cc2c3-c2ccccc2Cl)c(OC(=O)C(=C)C)c1. The number of rotatable bonds is 6. The fraction of sp³-hybridized carbons (Fsp3) is 0.121. The summed E-state index contributed by atoms with van der Waals surface area (Å²) in [5, 5.41) is 2.19. The Hall–Kier alpha value is -4.19. The van der Waals surface area contributed by atoms with E-state index in [2.05, 4.69) is 13.2 Å². The minimum Gasteiger partial charge on any atom is -0.423 e. The Bertz CT molecular complexity index is 1770. The summed E-state index contributed by atoms with van der Waals surface area (Å²) >= 11 is 13.1. The second kappa shape index (κ2) is 11.1. The molecule has 0 saturated heterocycles. The van der Waals surface area contributed by atoms with Crippen molar-refractivity contribution < 1.29 is 19.1 Å². The van der Waals surface area contributed by atoms with Crippen molar-refractivity contribution in [3.05, 3.63) is 112 Å². The number of hydrogen-bond donors (Lipinski definition) is 0. The maximum absolute atomic E-state index is 12.4. The minimum atomic E-state index is -0.586. The van der Waals surface area contributed by atoms with Gasteiger partial charge in [0.05, 0.1) is 11.2 Å². The van der Waals surface area contributed by atoms with Gasteiger partial charge in [-0.3, -0.25) is 0 Å². The van der Waals surface area contributed by atoms with Crippen molar-refractivity contribution in [1.82, 2.24) is 4.98 Å². The summed E-state index contributed by atoms with van der Waals surface area (Å²) in [4.78, 5) is 29.5. The second-order valence-electron chi connectivity index (χ2n) is 9.66. The number of ether oxygens (including phenoxy) is 2. The molecule has 0 spiro atoms. The van der Waals surface area contributed by atoms with Gasteiger partial charge in [0.2, 0.25) is 0 Å². The zero-order valence-corrected chi connectivity index (χ0v) is 23.5. The molecule has 0 atom stereocenters. The summed E-state index contributed by atoms with van der Waals surface area (Å²) in [6, 6.07) is 18.3. The molecule has 5 nitrogen and oxygen atoms in total. The van der Waals surface area contributed by atoms with Crippen LogP contribution in [0.3, 0.4) is 0 Å². The first-order valence-corrected chi connectivity index (χ1v) is 13.4. The molecular weight excluding hydrogens is 545 g/mol. The third-order valence-electron chi connectivity index (χ3n) is 6.56. The van der Waals surface area contributed by atoms with Gasteiger partial charge >= 0.3 is 11.9 Å². The van der Waals surface area contributed by atoms with E-state index in [-0.39, 0.29) is 22.6 Å². The number of halogens is 2. The summed E-state index contributed by atoms with van der Waals surface area (Å²) in [7, 11) is 0. The largest absolute Gasteiger partial charge is 0.423 e. The molecule has 7 heteroatoms. The van der Waals surface area contributed by atoms with Gasteiger partial charge in [0.15, 0.2) is 0 Å². The van der Waals surface area contributed by atoms with Crippen LogP contribution in [0, 0.1) is 0 Å². The first-order valence-electron chi connectivity index (χ1n) is 12.6. The maximum atomic E-state index is 12.4. The number of carbonyl (C=O) groups is 2. The Morgan fingerprint density at radius 3 is 2.35 bits per heavy atom. The van der Waals surface area contributed by atoms with Crippen molar-refractivity contribution in [3.63, 3.8) is 0 Å². The molecule has 0 aliphatic heterocycles. The predicted molar refractivity (Wildman–Crippen MR) is 161 cm³/mol. The number of pyridine rings is 1. The molecule has 0 radical (unpaired) electrons. The van der Waals surface area contributed by atoms with E-state index < -0.39 is 11.9 Å². The number of fused-ring (bicyclic) bond motifs is 2. The number of benzene rings is 3. The van der Waals surface area contributed by atoms with E-state index in [0.717, 1.165) is 45.3 Å². The van der Waals surface area contributed by atoms with Crippen LogP contribution < -0.4 is 9.47 Å². The zero-order chi connectivity index (χ0) is 28.6. The molecular formula is C33H25Cl2NO4. The van der Waals surface area contributed by atoms with Crippen LogP contribution in [0.25, 0.3) is 33.7 Å². The molecule has 0 saturated carbocycles. The highest BCUT2D eigenvalue weighted by atomic mass is 35.5. The van der Waals surface area contributed by atoms with Crippen LogP contribution in [0.2, 0.25) is 10.0 Å². The van der Waals surface area contributed by atoms with Crippen LogP contribution in [0.4, 0.5) is 0 Å². The van der Waals surface area contributed by atoms with Crippen molar-refractivity contribution in [2.24, 2.45) is 0 Å². The molecule has 0 fully saturated rings. The van der Waals surface area contributed by atoms with Gasteiger partial charge < -0.3 is 9.47 Å². The van der Waals surface area contributed by atoms with Gasteiger partial charge in [0.25, 0.3) is 0 Å². The van der Waals surface area contributed by atoms with Gasteiger partial charge in [0, 0.05) is 43.8 Å². The molecule has 1 aliphatic carbocycles. The van der Waals surface area contributed by atoms with E-state index >= 15 is 0 Å². The van der Waals surface area contributed by atoms with Crippen molar-refractivity contribution in [1.29, 1.82) is 0 Å². The van der Waals surface area contributed by atoms with E-state index in [0.29, 0.717) is 22.0 Å². The normalized spacial score (nSPS) is 13.2. The molecule has 200 valence electrons. The highest BCUT2D eigenvalue weighted by molar-refractivity contribution is 6.34. The van der Waals surface area contributed by atoms with Crippen LogP contribution in [-0.4, -0.2) is 16.9 Å². The molecule has 3 aromatic carbocycles. The number of nitrogens with zero attached hydrogens (tertiary/aromatic N) is 1. The van der Waals surface area contributed by atoms with Crippen molar-refractivity contribution >= 4 is 57.7 Å². The van der Waals surface area contributed by atoms with Gasteiger partial charge in [-0.15, -0.1) is 0 Å². The fourth-order valence-electron chi connectivity index (χ4n) is 4.63. The van der Waals surface area contributed by atoms with E-state index in [4.69, 9.17) is 37.7 Å². The summed E-state index contributed by atoms with van der Waals surface area (Å²) in [6.07, 6.45) is 3.40. The zero-order valence-electron chi connectivity index (χ0n) is 22.0. The molecule has 1 aromatic heterocycles. The van der Waals surface area contributed by atoms with Crippen LogP contribution in [-0.2, 0) is 16.0 Å². The first kappa shape index (κ1) is 27.4. The van der Waals surface area contributed by atoms with E-state index in [1.54, 1.807) is 26.0 Å². The van der Waals surface area contributed by atoms with Crippen LogP contribution in [0.15, 0.2) is 85.0 Å². The van der Waals surface area contributed by atoms with Gasteiger partial charge in [0.1, 0.15) is 11.5 Å². The average Bonchev–Trinajstić information content (AvgIpc) is 3.31. The Morgan fingerprint density at radius 1 is 0.900 bits per heavy atom. The summed E-state index contributed by atoms with van der Waals surface area (Å²) in [6.45, 7) is 10.4. The van der Waals surface area contributed by atoms with Gasteiger partial charge in [-0.25, -0.2) is 14.6 Å². The number of allylic oxidation sites excluding steroid dienone is 1. The average molecular weight is 570 g/mol. The molecule has 5 rings (SSSR count). The Labute approximate surface area is 242 Å². The molecule has 40 heavy (non-hydrogen) atoms. The Balaban J connectivity index is 1.66. The van der Waals surface area contributed by atoms with E-state index in [9.17, 15) is 9.59 Å². The molecule has 1 aliphatic rings. The Kier molecular flexibility index (Phi) is 7.61. The molecule has 0 bridgehead atoms. The number of hydrogen-bond acceptors (Lipinski definition) is 5. The maximum Gasteiger partial charge on any atom is 0.338 e. The lowest BCUT2D eigenvalue weighted by atomic mass is 9.94. The van der Waals surface area contributed by atoms with Gasteiger partial charge in [-0.1, -0.05) is 54.6 Å². The van der Waals surface area contributed by atoms with Crippen molar-refractivity contribution in [2.45, 2.75) is 26.7 Å². The lowest BCUT2D eigenvalue weighted by Gasteiger charge is -2.15. The van der Waals surface area contributed by atoms with Crippen molar-refractivity contribution in [2.75, 3.05) is 0 Å². The molecule has 0 unspecified atom stereocenters. The standard InChI is InChI=1S/C33H25Cl2NO4/c1-18(2)32(37)39-23-12-9-20(29(17-23)40-33(38)19(3)4)15-21-10-13-25-30(24-7-5-6-8-27(24)35)26-16-22(34)11-14-28(26)36-31(21)25/h5-9,11-12,14-17H,1,3,10,13H2,2,4H3/b21-15+. The van der Waals surface area contributed by atoms with Crippen LogP contribution in [0.5, 0.6) is 11.5 Å². The monoisotopic (exact) mass is 569 g/mol. The summed E-state index contributed by atoms with van der Waals surface area (Å²) in [5.74, 6) is -0.693.